The van der Waals surface area contributed by atoms with Gasteiger partial charge in [-0.25, -0.2) is 4.98 Å². The molecule has 1 aromatic carbocycles. The minimum Gasteiger partial charge on any atom is -0.301 e. The van der Waals surface area contributed by atoms with Crippen molar-refractivity contribution in [3.63, 3.8) is 0 Å². The Kier molecular flexibility index (Phi) is 4.90. The maximum Gasteiger partial charge on any atom is 0.233 e. The Bertz CT molecular complexity index is 565. The van der Waals surface area contributed by atoms with E-state index in [0.29, 0.717) is 11.0 Å². The summed E-state index contributed by atoms with van der Waals surface area (Å²) >= 11 is 1.50. The van der Waals surface area contributed by atoms with Gasteiger partial charge in [-0.2, -0.15) is 0 Å². The molecule has 3 nitrogen and oxygen atoms in total. The molecule has 2 rings (SSSR count). The number of anilines is 1. The quantitative estimate of drug-likeness (QED) is 0.895. The number of carbonyl (C=O) groups is 1. The Morgan fingerprint density at radius 1 is 1.35 bits per heavy atom. The van der Waals surface area contributed by atoms with Crippen LogP contribution in [0.15, 0.2) is 36.5 Å². The SMILES string of the molecule is CC[C@H](C)[C@H](C(=O)Nc1ncc(C)s1)c1ccccc1. The van der Waals surface area contributed by atoms with Gasteiger partial charge in [-0.15, -0.1) is 11.3 Å². The van der Waals surface area contributed by atoms with Crippen molar-refractivity contribution >= 4 is 22.4 Å². The molecule has 2 atom stereocenters. The molecule has 106 valence electrons. The van der Waals surface area contributed by atoms with Crippen LogP contribution < -0.4 is 5.32 Å². The van der Waals surface area contributed by atoms with Gasteiger partial charge in [0, 0.05) is 11.1 Å². The molecule has 0 saturated heterocycles. The summed E-state index contributed by atoms with van der Waals surface area (Å²) in [6.07, 6.45) is 2.74. The number of thiazole rings is 1. The second kappa shape index (κ2) is 6.66. The third-order valence-electron chi connectivity index (χ3n) is 3.51. The number of amides is 1. The van der Waals surface area contributed by atoms with Gasteiger partial charge in [0.15, 0.2) is 5.13 Å². The first-order chi connectivity index (χ1) is 9.61. The minimum atomic E-state index is -0.134. The van der Waals surface area contributed by atoms with E-state index in [4.69, 9.17) is 0 Å². The lowest BCUT2D eigenvalue weighted by molar-refractivity contribution is -0.118. The third kappa shape index (κ3) is 3.45. The highest BCUT2D eigenvalue weighted by Crippen LogP contribution is 2.29. The van der Waals surface area contributed by atoms with Gasteiger partial charge in [0.25, 0.3) is 0 Å². The van der Waals surface area contributed by atoms with Crippen LogP contribution in [0.1, 0.15) is 36.6 Å². The Labute approximate surface area is 124 Å². The topological polar surface area (TPSA) is 42.0 Å². The summed E-state index contributed by atoms with van der Waals surface area (Å²) in [7, 11) is 0. The van der Waals surface area contributed by atoms with E-state index in [-0.39, 0.29) is 11.8 Å². The number of rotatable bonds is 5. The van der Waals surface area contributed by atoms with Crippen molar-refractivity contribution in [1.82, 2.24) is 4.98 Å². The third-order valence-corrected chi connectivity index (χ3v) is 4.33. The Morgan fingerprint density at radius 3 is 2.60 bits per heavy atom. The molecule has 0 unspecified atom stereocenters. The first-order valence-corrected chi connectivity index (χ1v) is 7.71. The van der Waals surface area contributed by atoms with Crippen LogP contribution in [-0.2, 0) is 4.79 Å². The largest absolute Gasteiger partial charge is 0.301 e. The number of carbonyl (C=O) groups excluding carboxylic acids is 1. The summed E-state index contributed by atoms with van der Waals surface area (Å²) in [4.78, 5) is 17.9. The van der Waals surface area contributed by atoms with E-state index in [0.717, 1.165) is 16.9 Å². The fourth-order valence-electron chi connectivity index (χ4n) is 2.23. The van der Waals surface area contributed by atoms with Crippen molar-refractivity contribution in [3.05, 3.63) is 47.0 Å². The number of nitrogens with one attached hydrogen (secondary N) is 1. The average Bonchev–Trinajstić information content (AvgIpc) is 2.85. The van der Waals surface area contributed by atoms with Crippen LogP contribution in [0.2, 0.25) is 0 Å². The lowest BCUT2D eigenvalue weighted by Crippen LogP contribution is -2.26. The average molecular weight is 288 g/mol. The molecule has 20 heavy (non-hydrogen) atoms. The molecule has 0 radical (unpaired) electrons. The lowest BCUT2D eigenvalue weighted by Gasteiger charge is -2.22. The smallest absolute Gasteiger partial charge is 0.233 e. The number of aromatic nitrogens is 1. The normalized spacial score (nSPS) is 13.8. The summed E-state index contributed by atoms with van der Waals surface area (Å²) in [5.74, 6) is 0.184. The molecule has 0 saturated carbocycles. The first-order valence-electron chi connectivity index (χ1n) is 6.90. The molecular weight excluding hydrogens is 268 g/mol. The molecule has 0 aliphatic carbocycles. The molecular formula is C16H20N2OS. The van der Waals surface area contributed by atoms with Gasteiger partial charge in [-0.1, -0.05) is 50.6 Å². The van der Waals surface area contributed by atoms with Crippen LogP contribution in [-0.4, -0.2) is 10.9 Å². The minimum absolute atomic E-state index is 0.0277. The highest BCUT2D eigenvalue weighted by Gasteiger charge is 2.26. The number of hydrogen-bond donors (Lipinski definition) is 1. The Hall–Kier alpha value is -1.68. The highest BCUT2D eigenvalue weighted by atomic mass is 32.1. The van der Waals surface area contributed by atoms with Crippen molar-refractivity contribution in [2.45, 2.75) is 33.1 Å². The second-order valence-corrected chi connectivity index (χ2v) is 6.27. The molecule has 0 bridgehead atoms. The van der Waals surface area contributed by atoms with Gasteiger partial charge >= 0.3 is 0 Å². The van der Waals surface area contributed by atoms with Crippen molar-refractivity contribution < 1.29 is 4.79 Å². The molecule has 4 heteroatoms. The van der Waals surface area contributed by atoms with Gasteiger partial charge in [0.2, 0.25) is 5.91 Å². The van der Waals surface area contributed by atoms with Crippen molar-refractivity contribution in [3.8, 4) is 0 Å². The Balaban J connectivity index is 2.20. The molecule has 1 N–H and O–H groups in total. The van der Waals surface area contributed by atoms with Crippen LogP contribution in [0, 0.1) is 12.8 Å². The van der Waals surface area contributed by atoms with E-state index in [9.17, 15) is 4.79 Å². The van der Waals surface area contributed by atoms with E-state index in [1.165, 1.54) is 11.3 Å². The molecule has 0 aliphatic rings. The van der Waals surface area contributed by atoms with Gasteiger partial charge in [-0.05, 0) is 18.4 Å². The molecule has 1 aromatic heterocycles. The molecule has 1 heterocycles. The lowest BCUT2D eigenvalue weighted by atomic mass is 9.85. The van der Waals surface area contributed by atoms with Crippen molar-refractivity contribution in [1.29, 1.82) is 0 Å². The predicted molar refractivity (Wildman–Crippen MR) is 84.1 cm³/mol. The van der Waals surface area contributed by atoms with Gasteiger partial charge in [-0.3, -0.25) is 4.79 Å². The molecule has 1 amide bonds. The summed E-state index contributed by atoms with van der Waals surface area (Å²) in [5.41, 5.74) is 1.06. The standard InChI is InChI=1S/C16H20N2OS/c1-4-11(2)14(13-8-6-5-7-9-13)15(19)18-16-17-10-12(3)20-16/h5-11,14H,4H2,1-3H3,(H,17,18,19)/t11-,14-/m0/s1. The van der Waals surface area contributed by atoms with E-state index >= 15 is 0 Å². The predicted octanol–water partition coefficient (Wildman–Crippen LogP) is 4.22. The second-order valence-electron chi connectivity index (χ2n) is 5.04. The molecule has 2 aromatic rings. The van der Waals surface area contributed by atoms with E-state index < -0.39 is 0 Å². The maximum atomic E-state index is 12.6. The molecule has 0 spiro atoms. The Morgan fingerprint density at radius 2 is 2.05 bits per heavy atom. The number of aryl methyl sites for hydroxylation is 1. The van der Waals surface area contributed by atoms with E-state index in [2.05, 4.69) is 24.1 Å². The zero-order valence-electron chi connectivity index (χ0n) is 12.1. The van der Waals surface area contributed by atoms with E-state index in [1.807, 2.05) is 37.3 Å². The number of benzene rings is 1. The van der Waals surface area contributed by atoms with Gasteiger partial charge in [0.05, 0.1) is 5.92 Å². The fraction of sp³-hybridized carbons (Fsp3) is 0.375. The van der Waals surface area contributed by atoms with Crippen molar-refractivity contribution in [2.24, 2.45) is 5.92 Å². The zero-order chi connectivity index (χ0) is 14.5. The summed E-state index contributed by atoms with van der Waals surface area (Å²) in [5, 5.41) is 3.62. The van der Waals surface area contributed by atoms with Crippen molar-refractivity contribution in [2.75, 3.05) is 5.32 Å². The fourth-order valence-corrected chi connectivity index (χ4v) is 2.90. The molecule has 0 fully saturated rings. The van der Waals surface area contributed by atoms with E-state index in [1.54, 1.807) is 6.20 Å². The van der Waals surface area contributed by atoms with Crippen LogP contribution in [0.25, 0.3) is 0 Å². The summed E-state index contributed by atoms with van der Waals surface area (Å²) < 4.78 is 0. The molecule has 0 aliphatic heterocycles. The number of hydrogen-bond acceptors (Lipinski definition) is 3. The zero-order valence-corrected chi connectivity index (χ0v) is 12.9. The van der Waals surface area contributed by atoms with Crippen LogP contribution in [0.5, 0.6) is 0 Å². The monoisotopic (exact) mass is 288 g/mol. The summed E-state index contributed by atoms with van der Waals surface area (Å²) in [6, 6.07) is 9.96. The van der Waals surface area contributed by atoms with Crippen LogP contribution in [0.3, 0.4) is 0 Å². The van der Waals surface area contributed by atoms with Gasteiger partial charge in [0.1, 0.15) is 0 Å². The summed E-state index contributed by atoms with van der Waals surface area (Å²) in [6.45, 7) is 6.21. The highest BCUT2D eigenvalue weighted by molar-refractivity contribution is 7.15. The van der Waals surface area contributed by atoms with Gasteiger partial charge < -0.3 is 5.32 Å². The van der Waals surface area contributed by atoms with Crippen LogP contribution in [0.4, 0.5) is 5.13 Å². The maximum absolute atomic E-state index is 12.6. The number of nitrogens with zero attached hydrogens (tertiary/aromatic N) is 1. The first kappa shape index (κ1) is 14.7. The van der Waals surface area contributed by atoms with Crippen LogP contribution >= 0.6 is 11.3 Å².